The smallest absolute Gasteiger partial charge is 0.124 e. The summed E-state index contributed by atoms with van der Waals surface area (Å²) < 4.78 is 18.6. The van der Waals surface area contributed by atoms with E-state index in [-0.39, 0.29) is 18.0 Å². The molecule has 3 nitrogen and oxygen atoms in total. The van der Waals surface area contributed by atoms with E-state index in [1.165, 1.54) is 12.1 Å². The Labute approximate surface area is 100 Å². The van der Waals surface area contributed by atoms with E-state index in [1.54, 1.807) is 6.07 Å². The van der Waals surface area contributed by atoms with Crippen molar-refractivity contribution >= 4 is 5.69 Å². The molecule has 0 amide bonds. The van der Waals surface area contributed by atoms with Crippen LogP contribution in [0.1, 0.15) is 18.9 Å². The van der Waals surface area contributed by atoms with Crippen LogP contribution in [0.3, 0.4) is 0 Å². The minimum atomic E-state index is -0.380. The quantitative estimate of drug-likeness (QED) is 0.787. The topological polar surface area (TPSA) is 36.3 Å². The molecule has 1 fully saturated rings. The summed E-state index contributed by atoms with van der Waals surface area (Å²) in [6.45, 7) is 2.75. The lowest BCUT2D eigenvalue weighted by Crippen LogP contribution is -2.37. The van der Waals surface area contributed by atoms with E-state index in [1.807, 2.05) is 24.9 Å². The third-order valence-electron chi connectivity index (χ3n) is 3.29. The van der Waals surface area contributed by atoms with Crippen molar-refractivity contribution in [3.05, 3.63) is 29.6 Å². The first-order valence-corrected chi connectivity index (χ1v) is 5.67. The Morgan fingerprint density at radius 2 is 2.29 bits per heavy atom. The van der Waals surface area contributed by atoms with E-state index < -0.39 is 0 Å². The van der Waals surface area contributed by atoms with Crippen molar-refractivity contribution in [1.29, 1.82) is 5.26 Å². The Morgan fingerprint density at radius 1 is 1.53 bits per heavy atom. The normalized spacial score (nSPS) is 23.4. The average Bonchev–Trinajstić information content (AvgIpc) is 2.74. The van der Waals surface area contributed by atoms with Crippen LogP contribution in [0.4, 0.5) is 10.1 Å². The predicted octanol–water partition coefficient (Wildman–Crippen LogP) is 2.31. The van der Waals surface area contributed by atoms with Crippen molar-refractivity contribution in [2.24, 2.45) is 0 Å². The van der Waals surface area contributed by atoms with Crippen molar-refractivity contribution < 1.29 is 9.13 Å². The van der Waals surface area contributed by atoms with Gasteiger partial charge in [-0.15, -0.1) is 0 Å². The maximum Gasteiger partial charge on any atom is 0.124 e. The number of anilines is 1. The highest BCUT2D eigenvalue weighted by Gasteiger charge is 2.29. The third kappa shape index (κ3) is 2.25. The predicted molar refractivity (Wildman–Crippen MR) is 63.3 cm³/mol. The van der Waals surface area contributed by atoms with Gasteiger partial charge in [-0.2, -0.15) is 5.26 Å². The highest BCUT2D eigenvalue weighted by atomic mass is 19.1. The molecule has 1 heterocycles. The maximum atomic E-state index is 13.1. The molecule has 0 saturated carbocycles. The molecule has 90 valence electrons. The van der Waals surface area contributed by atoms with Crippen LogP contribution in [0, 0.1) is 17.1 Å². The molecular weight excluding hydrogens is 219 g/mol. The van der Waals surface area contributed by atoms with Gasteiger partial charge in [0.2, 0.25) is 0 Å². The number of hydrogen-bond donors (Lipinski definition) is 0. The summed E-state index contributed by atoms with van der Waals surface area (Å²) in [5.74, 6) is -0.380. The first-order valence-electron chi connectivity index (χ1n) is 5.67. The fourth-order valence-electron chi connectivity index (χ4n) is 2.31. The summed E-state index contributed by atoms with van der Waals surface area (Å²) in [4.78, 5) is 2.01. The van der Waals surface area contributed by atoms with Crippen LogP contribution in [-0.2, 0) is 4.74 Å². The molecule has 0 bridgehead atoms. The summed E-state index contributed by atoms with van der Waals surface area (Å²) in [6, 6.07) is 6.58. The molecule has 1 saturated heterocycles. The molecule has 0 aromatic heterocycles. The molecular formula is C13H15FN2O. The first kappa shape index (κ1) is 11.9. The van der Waals surface area contributed by atoms with E-state index in [2.05, 4.69) is 0 Å². The Kier molecular flexibility index (Phi) is 3.30. The summed E-state index contributed by atoms with van der Waals surface area (Å²) in [5, 5.41) is 9.03. The lowest BCUT2D eigenvalue weighted by Gasteiger charge is -2.29. The molecule has 0 spiro atoms. The molecule has 1 aliphatic rings. The molecule has 0 aliphatic carbocycles. The van der Waals surface area contributed by atoms with Crippen molar-refractivity contribution in [2.45, 2.75) is 25.5 Å². The van der Waals surface area contributed by atoms with E-state index in [0.717, 1.165) is 18.7 Å². The van der Waals surface area contributed by atoms with Gasteiger partial charge in [-0.05, 0) is 31.5 Å². The van der Waals surface area contributed by atoms with Crippen LogP contribution in [-0.4, -0.2) is 25.8 Å². The number of likely N-dealkylation sites (N-methyl/N-ethyl adjacent to an activating group) is 1. The average molecular weight is 234 g/mol. The Morgan fingerprint density at radius 3 is 2.88 bits per heavy atom. The Balaban J connectivity index is 2.30. The highest BCUT2D eigenvalue weighted by molar-refractivity contribution is 5.59. The molecule has 1 aromatic rings. The van der Waals surface area contributed by atoms with E-state index in [0.29, 0.717) is 5.56 Å². The molecule has 0 N–H and O–H groups in total. The second kappa shape index (κ2) is 4.72. The Hall–Kier alpha value is -1.60. The molecule has 2 unspecified atom stereocenters. The second-order valence-electron chi connectivity index (χ2n) is 4.32. The van der Waals surface area contributed by atoms with Crippen LogP contribution < -0.4 is 4.90 Å². The summed E-state index contributed by atoms with van der Waals surface area (Å²) >= 11 is 0. The van der Waals surface area contributed by atoms with Gasteiger partial charge >= 0.3 is 0 Å². The van der Waals surface area contributed by atoms with Crippen molar-refractivity contribution in [1.82, 2.24) is 0 Å². The van der Waals surface area contributed by atoms with Crippen LogP contribution in [0.2, 0.25) is 0 Å². The van der Waals surface area contributed by atoms with Crippen molar-refractivity contribution in [2.75, 3.05) is 18.6 Å². The number of nitriles is 1. The van der Waals surface area contributed by atoms with Gasteiger partial charge in [0.05, 0.1) is 23.4 Å². The fourth-order valence-corrected chi connectivity index (χ4v) is 2.31. The highest BCUT2D eigenvalue weighted by Crippen LogP contribution is 2.27. The second-order valence-corrected chi connectivity index (χ2v) is 4.32. The third-order valence-corrected chi connectivity index (χ3v) is 3.29. The molecule has 1 aromatic carbocycles. The molecule has 2 atom stereocenters. The monoisotopic (exact) mass is 234 g/mol. The Bertz CT molecular complexity index is 455. The van der Waals surface area contributed by atoms with E-state index >= 15 is 0 Å². The van der Waals surface area contributed by atoms with Gasteiger partial charge in [0.1, 0.15) is 11.9 Å². The number of ether oxygens (including phenoxy) is 1. The number of hydrogen-bond acceptors (Lipinski definition) is 3. The zero-order chi connectivity index (χ0) is 12.4. The number of halogens is 1. The minimum Gasteiger partial charge on any atom is -0.376 e. The summed E-state index contributed by atoms with van der Waals surface area (Å²) in [6.07, 6.45) is 1.07. The SMILES string of the molecule is CC1OCCC1N(C)c1ccc(F)cc1C#N. The van der Waals surface area contributed by atoms with Crippen molar-refractivity contribution in [3.63, 3.8) is 0 Å². The van der Waals surface area contributed by atoms with E-state index in [9.17, 15) is 4.39 Å². The summed E-state index contributed by atoms with van der Waals surface area (Å²) in [7, 11) is 1.92. The lowest BCUT2D eigenvalue weighted by atomic mass is 10.1. The first-order chi connectivity index (χ1) is 8.13. The number of nitrogens with zero attached hydrogens (tertiary/aromatic N) is 2. The van der Waals surface area contributed by atoms with Crippen LogP contribution in [0.5, 0.6) is 0 Å². The zero-order valence-corrected chi connectivity index (χ0v) is 9.98. The number of rotatable bonds is 2. The van der Waals surface area contributed by atoms with Gasteiger partial charge < -0.3 is 9.64 Å². The van der Waals surface area contributed by atoms with E-state index in [4.69, 9.17) is 10.00 Å². The van der Waals surface area contributed by atoms with Gasteiger partial charge in [-0.25, -0.2) is 4.39 Å². The van der Waals surface area contributed by atoms with Crippen molar-refractivity contribution in [3.8, 4) is 6.07 Å². The van der Waals surface area contributed by atoms with Crippen LogP contribution in [0.25, 0.3) is 0 Å². The van der Waals surface area contributed by atoms with Crippen LogP contribution in [0.15, 0.2) is 18.2 Å². The van der Waals surface area contributed by atoms with Gasteiger partial charge in [-0.1, -0.05) is 0 Å². The maximum absolute atomic E-state index is 13.1. The largest absolute Gasteiger partial charge is 0.376 e. The molecule has 4 heteroatoms. The van der Waals surface area contributed by atoms with Crippen LogP contribution >= 0.6 is 0 Å². The lowest BCUT2D eigenvalue weighted by molar-refractivity contribution is 0.118. The molecule has 1 aliphatic heterocycles. The fraction of sp³-hybridized carbons (Fsp3) is 0.462. The van der Waals surface area contributed by atoms with Gasteiger partial charge in [0, 0.05) is 13.7 Å². The standard InChI is InChI=1S/C13H15FN2O/c1-9-12(5-6-17-9)16(2)13-4-3-11(14)7-10(13)8-15/h3-4,7,9,12H,5-6H2,1-2H3. The summed E-state index contributed by atoms with van der Waals surface area (Å²) in [5.41, 5.74) is 1.13. The molecule has 0 radical (unpaired) electrons. The molecule has 17 heavy (non-hydrogen) atoms. The number of benzene rings is 1. The zero-order valence-electron chi connectivity index (χ0n) is 9.98. The van der Waals surface area contributed by atoms with Gasteiger partial charge in [-0.3, -0.25) is 0 Å². The van der Waals surface area contributed by atoms with Gasteiger partial charge in [0.25, 0.3) is 0 Å². The molecule has 2 rings (SSSR count). The minimum absolute atomic E-state index is 0.136. The van der Waals surface area contributed by atoms with Gasteiger partial charge in [0.15, 0.2) is 0 Å².